The van der Waals surface area contributed by atoms with Crippen molar-refractivity contribution in [1.29, 1.82) is 0 Å². The Labute approximate surface area is 241 Å². The zero-order valence-electron chi connectivity index (χ0n) is 23.0. The van der Waals surface area contributed by atoms with Crippen LogP contribution in [0.2, 0.25) is 0 Å². The lowest BCUT2D eigenvalue weighted by atomic mass is 10.0. The predicted molar refractivity (Wildman–Crippen MR) is 155 cm³/mol. The first-order valence-corrected chi connectivity index (χ1v) is 13.8. The van der Waals surface area contributed by atoms with Gasteiger partial charge < -0.3 is 15.0 Å². The lowest BCUT2D eigenvalue weighted by Crippen LogP contribution is -2.47. The van der Waals surface area contributed by atoms with E-state index < -0.39 is 23.7 Å². The topological polar surface area (TPSA) is 118 Å². The molecule has 1 fully saturated rings. The van der Waals surface area contributed by atoms with Gasteiger partial charge in [-0.3, -0.25) is 14.5 Å². The van der Waals surface area contributed by atoms with E-state index in [0.29, 0.717) is 18.0 Å². The first kappa shape index (κ1) is 27.3. The van der Waals surface area contributed by atoms with Crippen molar-refractivity contribution in [3.05, 3.63) is 95.9 Å². The van der Waals surface area contributed by atoms with Crippen LogP contribution in [0.15, 0.2) is 79.0 Å². The molecule has 3 aromatic carbocycles. The number of amides is 2. The van der Waals surface area contributed by atoms with Gasteiger partial charge in [0, 0.05) is 41.4 Å². The van der Waals surface area contributed by atoms with E-state index in [1.54, 1.807) is 12.3 Å². The van der Waals surface area contributed by atoms with Crippen LogP contribution in [0.4, 0.5) is 10.1 Å². The van der Waals surface area contributed by atoms with Gasteiger partial charge in [-0.25, -0.2) is 4.39 Å². The van der Waals surface area contributed by atoms with Gasteiger partial charge >= 0.3 is 0 Å². The third-order valence-electron chi connectivity index (χ3n) is 7.37. The lowest BCUT2D eigenvalue weighted by molar-refractivity contribution is -0.127. The first-order valence-electron chi connectivity index (χ1n) is 13.8. The van der Waals surface area contributed by atoms with Crippen molar-refractivity contribution in [3.63, 3.8) is 0 Å². The van der Waals surface area contributed by atoms with Crippen molar-refractivity contribution in [2.75, 3.05) is 18.1 Å². The van der Waals surface area contributed by atoms with Crippen molar-refractivity contribution in [2.45, 2.75) is 38.5 Å². The highest BCUT2D eigenvalue weighted by Gasteiger charge is 2.36. The van der Waals surface area contributed by atoms with E-state index in [2.05, 4.69) is 25.7 Å². The van der Waals surface area contributed by atoms with Gasteiger partial charge in [0.15, 0.2) is 0 Å². The second kappa shape index (κ2) is 11.9. The minimum atomic E-state index is -1.20. The van der Waals surface area contributed by atoms with E-state index in [1.807, 2.05) is 55.5 Å². The third-order valence-corrected chi connectivity index (χ3v) is 7.37. The minimum absolute atomic E-state index is 0.0380. The second-order valence-corrected chi connectivity index (χ2v) is 10.3. The van der Waals surface area contributed by atoms with Crippen molar-refractivity contribution in [2.24, 2.45) is 0 Å². The zero-order valence-corrected chi connectivity index (χ0v) is 23.0. The Bertz CT molecular complexity index is 1710. The van der Waals surface area contributed by atoms with Crippen molar-refractivity contribution in [1.82, 2.24) is 30.5 Å². The van der Waals surface area contributed by atoms with E-state index in [-0.39, 0.29) is 24.9 Å². The molecule has 10 nitrogen and oxygen atoms in total. The molecule has 214 valence electrons. The molecule has 42 heavy (non-hydrogen) atoms. The van der Waals surface area contributed by atoms with Crippen LogP contribution in [0.25, 0.3) is 22.3 Å². The molecule has 3 heterocycles. The molecule has 1 aliphatic rings. The van der Waals surface area contributed by atoms with Crippen molar-refractivity contribution >= 4 is 28.4 Å². The summed E-state index contributed by atoms with van der Waals surface area (Å²) < 4.78 is 21.1. The Balaban J connectivity index is 1.38. The largest absolute Gasteiger partial charge is 0.376 e. The number of anilines is 1. The van der Waals surface area contributed by atoms with Gasteiger partial charge in [0.2, 0.25) is 11.7 Å². The molecule has 0 saturated carbocycles. The maximum absolute atomic E-state index is 15.4. The average molecular weight is 568 g/mol. The molecule has 2 amide bonds. The molecular formula is C31H30FN7O3. The number of para-hydroxylation sites is 2. The number of nitrogens with one attached hydrogen (secondary N) is 2. The molecule has 6 rings (SSSR count). The van der Waals surface area contributed by atoms with Gasteiger partial charge in [-0.05, 0) is 43.2 Å². The fourth-order valence-electron chi connectivity index (χ4n) is 5.22. The monoisotopic (exact) mass is 567 g/mol. The summed E-state index contributed by atoms with van der Waals surface area (Å²) >= 11 is 0. The lowest BCUT2D eigenvalue weighted by Gasteiger charge is -2.31. The molecule has 2 atom stereocenters. The van der Waals surface area contributed by atoms with Crippen LogP contribution >= 0.6 is 0 Å². The Morgan fingerprint density at radius 3 is 2.69 bits per heavy atom. The smallest absolute Gasteiger partial charge is 0.251 e. The molecule has 1 aliphatic heterocycles. The van der Waals surface area contributed by atoms with E-state index >= 15 is 4.39 Å². The minimum Gasteiger partial charge on any atom is -0.376 e. The summed E-state index contributed by atoms with van der Waals surface area (Å²) in [6.07, 6.45) is 3.32. The van der Waals surface area contributed by atoms with Crippen LogP contribution in [-0.2, 0) is 20.9 Å². The molecule has 0 bridgehead atoms. The predicted octanol–water partition coefficient (Wildman–Crippen LogP) is 4.34. The highest BCUT2D eigenvalue weighted by atomic mass is 19.1. The Kier molecular flexibility index (Phi) is 7.74. The summed E-state index contributed by atoms with van der Waals surface area (Å²) in [7, 11) is 0. The molecule has 0 unspecified atom stereocenters. The maximum atomic E-state index is 15.4. The summed E-state index contributed by atoms with van der Waals surface area (Å²) in [4.78, 5) is 33.6. The number of tetrazole rings is 1. The highest BCUT2D eigenvalue weighted by Crippen LogP contribution is 2.34. The fourth-order valence-corrected chi connectivity index (χ4v) is 5.22. The zero-order chi connectivity index (χ0) is 29.1. The number of aromatic amines is 1. The number of aromatic nitrogens is 5. The van der Waals surface area contributed by atoms with Gasteiger partial charge in [-0.1, -0.05) is 60.2 Å². The number of nitrogens with zero attached hydrogens (tertiary/aromatic N) is 5. The summed E-state index contributed by atoms with van der Waals surface area (Å²) in [5.41, 5.74) is 3.10. The van der Waals surface area contributed by atoms with Gasteiger partial charge in [0.1, 0.15) is 18.4 Å². The number of aryl methyl sites for hydroxylation is 1. The third kappa shape index (κ3) is 5.64. The molecule has 2 N–H and O–H groups in total. The highest BCUT2D eigenvalue weighted by molar-refractivity contribution is 6.03. The van der Waals surface area contributed by atoms with Crippen LogP contribution in [0.1, 0.15) is 30.0 Å². The fraction of sp³-hybridized carbons (Fsp3) is 0.258. The van der Waals surface area contributed by atoms with Crippen LogP contribution in [0.5, 0.6) is 0 Å². The average Bonchev–Trinajstić information content (AvgIpc) is 3.77. The van der Waals surface area contributed by atoms with E-state index in [4.69, 9.17) is 4.74 Å². The normalized spacial score (nSPS) is 15.5. The molecule has 5 aromatic rings. The summed E-state index contributed by atoms with van der Waals surface area (Å²) in [6.45, 7) is 2.53. The summed E-state index contributed by atoms with van der Waals surface area (Å²) in [5.74, 6) is -1.34. The number of halogens is 1. The number of carbonyl (C=O) groups is 2. The van der Waals surface area contributed by atoms with Gasteiger partial charge in [-0.15, -0.1) is 10.2 Å². The quantitative estimate of drug-likeness (QED) is 0.274. The molecular weight excluding hydrogens is 537 g/mol. The van der Waals surface area contributed by atoms with E-state index in [0.717, 1.165) is 39.7 Å². The van der Waals surface area contributed by atoms with Gasteiger partial charge in [0.05, 0.1) is 11.8 Å². The van der Waals surface area contributed by atoms with Gasteiger partial charge in [0.25, 0.3) is 5.91 Å². The number of fused-ring (bicyclic) bond motifs is 1. The van der Waals surface area contributed by atoms with Gasteiger partial charge in [-0.2, -0.15) is 4.80 Å². The Morgan fingerprint density at radius 1 is 1.12 bits per heavy atom. The number of rotatable bonds is 9. The van der Waals surface area contributed by atoms with E-state index in [1.165, 1.54) is 23.1 Å². The van der Waals surface area contributed by atoms with Crippen molar-refractivity contribution < 1.29 is 18.7 Å². The van der Waals surface area contributed by atoms with Crippen LogP contribution in [-0.4, -0.2) is 56.3 Å². The number of hydrogen-bond donors (Lipinski definition) is 2. The maximum Gasteiger partial charge on any atom is 0.251 e. The Hall–Kier alpha value is -4.90. The number of hydrogen-bond acceptors (Lipinski definition) is 6. The molecule has 0 aliphatic carbocycles. The molecule has 11 heteroatoms. The first-order chi connectivity index (χ1) is 20.5. The summed E-state index contributed by atoms with van der Waals surface area (Å²) in [6, 6.07) is 19.8. The molecule has 0 radical (unpaired) electrons. The number of benzene rings is 3. The number of ether oxygens (including phenoxy) is 1. The standard InChI is InChI=1S/C31H30FN7O3/c1-20-12-14-21(15-13-20)30-35-37-38(36-30)19-28(40)39(27-11-5-3-9-25(27)32)29(31(41)34-17-22-7-6-16-42-22)24-18-33-26-10-4-2-8-23(24)26/h2-5,8-15,18,22,29,33H,6-7,16-17,19H2,1H3,(H,34,41)/t22-,29-/m1/s1. The Morgan fingerprint density at radius 2 is 1.90 bits per heavy atom. The molecule has 0 spiro atoms. The second-order valence-electron chi connectivity index (χ2n) is 10.3. The molecule has 1 saturated heterocycles. The molecule has 2 aromatic heterocycles. The van der Waals surface area contributed by atoms with Crippen LogP contribution < -0.4 is 10.2 Å². The number of carbonyl (C=O) groups excluding carboxylic acids is 2. The SMILES string of the molecule is Cc1ccc(-c2nnn(CC(=O)N(c3ccccc3F)[C@@H](C(=O)NC[C@H]3CCCO3)c3c[nH]c4ccccc34)n2)cc1. The summed E-state index contributed by atoms with van der Waals surface area (Å²) in [5, 5.41) is 16.2. The van der Waals surface area contributed by atoms with Crippen LogP contribution in [0.3, 0.4) is 0 Å². The van der Waals surface area contributed by atoms with Crippen LogP contribution in [0, 0.1) is 12.7 Å². The van der Waals surface area contributed by atoms with Crippen molar-refractivity contribution in [3.8, 4) is 11.4 Å². The van der Waals surface area contributed by atoms with E-state index in [9.17, 15) is 9.59 Å². The number of H-pyrrole nitrogens is 1.